The number of hydrogen-bond acceptors (Lipinski definition) is 5. The van der Waals surface area contributed by atoms with Gasteiger partial charge in [0.1, 0.15) is 0 Å². The molecule has 7 heteroatoms. The zero-order valence-electron chi connectivity index (χ0n) is 14.7. The normalized spacial score (nSPS) is 12.0. The molecule has 0 radical (unpaired) electrons. The summed E-state index contributed by atoms with van der Waals surface area (Å²) in [7, 11) is 0. The molecule has 0 aliphatic heterocycles. The van der Waals surface area contributed by atoms with Crippen molar-refractivity contribution in [3.63, 3.8) is 0 Å². The highest BCUT2D eigenvalue weighted by atomic mass is 32.2. The van der Waals surface area contributed by atoms with Crippen LogP contribution in [-0.2, 0) is 17.0 Å². The molecule has 25 heavy (non-hydrogen) atoms. The van der Waals surface area contributed by atoms with Crippen molar-refractivity contribution in [2.75, 3.05) is 11.1 Å². The van der Waals surface area contributed by atoms with Gasteiger partial charge < -0.3 is 10.3 Å². The number of nitrogens with one attached hydrogen (secondary N) is 2. The number of hydrogen-bond donors (Lipinski definition) is 2. The van der Waals surface area contributed by atoms with Crippen molar-refractivity contribution >= 4 is 35.1 Å². The van der Waals surface area contributed by atoms with E-state index in [2.05, 4.69) is 29.1 Å². The van der Waals surface area contributed by atoms with E-state index in [9.17, 15) is 9.59 Å². The van der Waals surface area contributed by atoms with Crippen LogP contribution in [0.3, 0.4) is 0 Å². The van der Waals surface area contributed by atoms with E-state index < -0.39 is 0 Å². The van der Waals surface area contributed by atoms with Gasteiger partial charge in [0.15, 0.2) is 5.16 Å². The van der Waals surface area contributed by atoms with Crippen LogP contribution >= 0.6 is 23.5 Å². The van der Waals surface area contributed by atoms with Crippen LogP contribution in [0, 0.1) is 0 Å². The Kier molecular flexibility index (Phi) is 7.58. The van der Waals surface area contributed by atoms with Crippen molar-refractivity contribution in [2.45, 2.75) is 43.4 Å². The molecule has 1 aromatic heterocycles. The quantitative estimate of drug-likeness (QED) is 0.542. The molecule has 2 rings (SSSR count). The molecule has 1 amide bonds. The van der Waals surface area contributed by atoms with E-state index in [1.807, 2.05) is 24.3 Å². The van der Waals surface area contributed by atoms with E-state index in [1.165, 1.54) is 23.4 Å². The Morgan fingerprint density at radius 2 is 2.00 bits per heavy atom. The van der Waals surface area contributed by atoms with Crippen molar-refractivity contribution in [3.8, 4) is 0 Å². The third-order valence-electron chi connectivity index (χ3n) is 3.51. The molecular weight excluding hydrogens is 354 g/mol. The second-order valence-corrected chi connectivity index (χ2v) is 8.08. The van der Waals surface area contributed by atoms with E-state index in [4.69, 9.17) is 0 Å². The van der Waals surface area contributed by atoms with Gasteiger partial charge in [-0.25, -0.2) is 4.98 Å². The molecule has 1 heterocycles. The Balaban J connectivity index is 2.00. The molecule has 0 spiro atoms. The molecular formula is C18H23N3O2S2. The van der Waals surface area contributed by atoms with Gasteiger partial charge in [0.25, 0.3) is 5.56 Å². The fourth-order valence-electron chi connectivity index (χ4n) is 2.11. The summed E-state index contributed by atoms with van der Waals surface area (Å²) in [5, 5.41) is 3.00. The molecule has 0 bridgehead atoms. The fourth-order valence-corrected chi connectivity index (χ4v) is 3.50. The number of aryl methyl sites for hydroxylation is 1. The van der Waals surface area contributed by atoms with Crippen LogP contribution in [0.4, 0.5) is 5.69 Å². The van der Waals surface area contributed by atoms with Gasteiger partial charge in [-0.1, -0.05) is 37.7 Å². The van der Waals surface area contributed by atoms with Gasteiger partial charge in [-0.3, -0.25) is 9.59 Å². The highest BCUT2D eigenvalue weighted by Crippen LogP contribution is 2.21. The van der Waals surface area contributed by atoms with Gasteiger partial charge in [-0.05, 0) is 36.8 Å². The number of aromatic nitrogens is 2. The number of carbonyl (C=O) groups is 1. The Hall–Kier alpha value is -1.73. The van der Waals surface area contributed by atoms with Crippen molar-refractivity contribution in [3.05, 3.63) is 51.9 Å². The maximum Gasteiger partial charge on any atom is 0.251 e. The summed E-state index contributed by atoms with van der Waals surface area (Å²) >= 11 is 2.96. The first-order valence-corrected chi connectivity index (χ1v) is 10.3. The Morgan fingerprint density at radius 1 is 1.28 bits per heavy atom. The summed E-state index contributed by atoms with van der Waals surface area (Å²) in [5.41, 5.74) is 2.54. The molecule has 0 fully saturated rings. The lowest BCUT2D eigenvalue weighted by Crippen LogP contribution is -2.23. The van der Waals surface area contributed by atoms with Crippen molar-refractivity contribution in [1.29, 1.82) is 0 Å². The van der Waals surface area contributed by atoms with Gasteiger partial charge in [-0.2, -0.15) is 11.8 Å². The predicted molar refractivity (Wildman–Crippen MR) is 106 cm³/mol. The number of anilines is 1. The summed E-state index contributed by atoms with van der Waals surface area (Å²) in [6.45, 7) is 5.95. The number of H-pyrrole nitrogens is 1. The minimum atomic E-state index is -0.372. The smallest absolute Gasteiger partial charge is 0.251 e. The molecule has 1 aromatic carbocycles. The highest BCUT2D eigenvalue weighted by molar-refractivity contribution is 8.00. The molecule has 5 nitrogen and oxygen atoms in total. The van der Waals surface area contributed by atoms with Gasteiger partial charge in [0, 0.05) is 17.5 Å². The number of benzene rings is 1. The minimum Gasteiger partial charge on any atom is -0.325 e. The zero-order valence-corrected chi connectivity index (χ0v) is 16.3. The number of carbonyl (C=O) groups excluding carboxylic acids is 1. The SMILES string of the molecule is CCSCc1cc(=O)[nH]c(SC(C)C(=O)Nc2ccc(CC)cc2)n1. The summed E-state index contributed by atoms with van der Waals surface area (Å²) in [5.74, 6) is 1.54. The lowest BCUT2D eigenvalue weighted by Gasteiger charge is -2.12. The summed E-state index contributed by atoms with van der Waals surface area (Å²) < 4.78 is 0. The second kappa shape index (κ2) is 9.68. The summed E-state index contributed by atoms with van der Waals surface area (Å²) in [4.78, 5) is 31.2. The highest BCUT2D eigenvalue weighted by Gasteiger charge is 2.16. The molecule has 134 valence electrons. The first-order valence-electron chi connectivity index (χ1n) is 8.26. The van der Waals surface area contributed by atoms with Crippen molar-refractivity contribution in [1.82, 2.24) is 9.97 Å². The third kappa shape index (κ3) is 6.25. The zero-order chi connectivity index (χ0) is 18.2. The first-order chi connectivity index (χ1) is 12.0. The van der Waals surface area contributed by atoms with Crippen molar-refractivity contribution in [2.24, 2.45) is 0 Å². The van der Waals surface area contributed by atoms with E-state index >= 15 is 0 Å². The van der Waals surface area contributed by atoms with Crippen LogP contribution in [0.5, 0.6) is 0 Å². The number of nitrogens with zero attached hydrogens (tertiary/aromatic N) is 1. The van der Waals surface area contributed by atoms with Crippen LogP contribution in [-0.4, -0.2) is 26.9 Å². The Bertz CT molecular complexity index is 760. The number of rotatable bonds is 8. The lowest BCUT2D eigenvalue weighted by molar-refractivity contribution is -0.115. The largest absolute Gasteiger partial charge is 0.325 e. The average molecular weight is 378 g/mol. The maximum atomic E-state index is 12.4. The Labute approximate surface area is 156 Å². The molecule has 0 saturated heterocycles. The predicted octanol–water partition coefficient (Wildman–Crippen LogP) is 3.70. The van der Waals surface area contributed by atoms with E-state index in [0.717, 1.165) is 23.6 Å². The molecule has 2 aromatic rings. The van der Waals surface area contributed by atoms with Crippen molar-refractivity contribution < 1.29 is 4.79 Å². The molecule has 0 saturated carbocycles. The van der Waals surface area contributed by atoms with Gasteiger partial charge in [0.2, 0.25) is 5.91 Å². The lowest BCUT2D eigenvalue weighted by atomic mass is 10.1. The molecule has 1 atom stereocenters. The number of thioether (sulfide) groups is 2. The third-order valence-corrected chi connectivity index (χ3v) is 5.41. The van der Waals surface area contributed by atoms with Gasteiger partial charge in [-0.15, -0.1) is 0 Å². The van der Waals surface area contributed by atoms with Gasteiger partial charge in [0.05, 0.1) is 10.9 Å². The van der Waals surface area contributed by atoms with E-state index in [1.54, 1.807) is 18.7 Å². The maximum absolute atomic E-state index is 12.4. The minimum absolute atomic E-state index is 0.120. The van der Waals surface area contributed by atoms with E-state index in [0.29, 0.717) is 10.9 Å². The molecule has 0 aliphatic rings. The fraction of sp³-hybridized carbons (Fsp3) is 0.389. The standard InChI is InChI=1S/C18H23N3O2S2/c1-4-13-6-8-14(9-7-13)19-17(23)12(3)25-18-20-15(11-24-5-2)10-16(22)21-18/h6-10,12H,4-5,11H2,1-3H3,(H,19,23)(H,20,21,22). The van der Waals surface area contributed by atoms with E-state index in [-0.39, 0.29) is 16.7 Å². The number of amides is 1. The van der Waals surface area contributed by atoms with Crippen LogP contribution in [0.25, 0.3) is 0 Å². The number of aromatic amines is 1. The van der Waals surface area contributed by atoms with Crippen LogP contribution in [0.15, 0.2) is 40.3 Å². The molecule has 2 N–H and O–H groups in total. The topological polar surface area (TPSA) is 74.8 Å². The molecule has 0 aliphatic carbocycles. The van der Waals surface area contributed by atoms with Crippen LogP contribution in [0.1, 0.15) is 32.0 Å². The van der Waals surface area contributed by atoms with Crippen LogP contribution in [0.2, 0.25) is 0 Å². The van der Waals surface area contributed by atoms with Crippen LogP contribution < -0.4 is 10.9 Å². The first kappa shape index (κ1) is 19.6. The Morgan fingerprint density at radius 3 is 2.64 bits per heavy atom. The average Bonchev–Trinajstić information content (AvgIpc) is 2.60. The monoisotopic (exact) mass is 377 g/mol. The molecule has 1 unspecified atom stereocenters. The second-order valence-electron chi connectivity index (χ2n) is 5.48. The summed E-state index contributed by atoms with van der Waals surface area (Å²) in [6, 6.07) is 9.31. The van der Waals surface area contributed by atoms with Gasteiger partial charge >= 0.3 is 0 Å². The summed E-state index contributed by atoms with van der Waals surface area (Å²) in [6.07, 6.45) is 0.964.